The van der Waals surface area contributed by atoms with Gasteiger partial charge >= 0.3 is 0 Å². The molecule has 0 N–H and O–H groups in total. The average molecular weight is 301 g/mol. The zero-order chi connectivity index (χ0) is 15.2. The van der Waals surface area contributed by atoms with Crippen LogP contribution in [0.3, 0.4) is 0 Å². The average Bonchev–Trinajstić information content (AvgIpc) is 3.05. The lowest BCUT2D eigenvalue weighted by Gasteiger charge is -2.17. The van der Waals surface area contributed by atoms with Crippen LogP contribution >= 0.6 is 0 Å². The lowest BCUT2D eigenvalue weighted by Crippen LogP contribution is -2.25. The fraction of sp³-hybridized carbons (Fsp3) is 0.333. The number of rotatable bonds is 6. The van der Waals surface area contributed by atoms with E-state index in [0.717, 1.165) is 19.6 Å². The highest BCUT2D eigenvalue weighted by molar-refractivity contribution is 5.43. The molecule has 0 bridgehead atoms. The maximum atomic E-state index is 14.0. The molecule has 0 unspecified atom stereocenters. The monoisotopic (exact) mass is 301 g/mol. The van der Waals surface area contributed by atoms with Crippen molar-refractivity contribution in [2.45, 2.75) is 12.8 Å². The van der Waals surface area contributed by atoms with Crippen molar-refractivity contribution in [2.75, 3.05) is 26.2 Å². The summed E-state index contributed by atoms with van der Waals surface area (Å²) in [6, 6.07) is 13.9. The molecule has 0 aliphatic carbocycles. The normalized spacial score (nSPS) is 15.0. The first-order valence-corrected chi connectivity index (χ1v) is 7.69. The summed E-state index contributed by atoms with van der Waals surface area (Å²) >= 11 is 0. The topological polar surface area (TPSA) is 21.7 Å². The van der Waals surface area contributed by atoms with Crippen LogP contribution in [0.2, 0.25) is 0 Å². The van der Waals surface area contributed by atoms with E-state index in [9.17, 15) is 4.39 Å². The van der Waals surface area contributed by atoms with Crippen molar-refractivity contribution < 1.29 is 13.9 Å². The fourth-order valence-corrected chi connectivity index (χ4v) is 2.60. The number of ether oxygens (including phenoxy) is 2. The quantitative estimate of drug-likeness (QED) is 0.802. The van der Waals surface area contributed by atoms with Gasteiger partial charge in [0.15, 0.2) is 11.6 Å². The summed E-state index contributed by atoms with van der Waals surface area (Å²) in [6.45, 7) is 3.65. The Hall–Kier alpha value is -2.07. The van der Waals surface area contributed by atoms with E-state index in [1.807, 2.05) is 18.2 Å². The summed E-state index contributed by atoms with van der Waals surface area (Å²) in [5.41, 5.74) is 0. The van der Waals surface area contributed by atoms with Gasteiger partial charge in [0.1, 0.15) is 12.4 Å². The molecule has 2 aromatic rings. The highest BCUT2D eigenvalue weighted by atomic mass is 19.1. The van der Waals surface area contributed by atoms with Crippen molar-refractivity contribution in [3.05, 3.63) is 54.3 Å². The molecule has 22 heavy (non-hydrogen) atoms. The number of nitrogens with zero attached hydrogens (tertiary/aromatic N) is 1. The van der Waals surface area contributed by atoms with E-state index in [1.165, 1.54) is 18.9 Å². The smallest absolute Gasteiger partial charge is 0.204 e. The van der Waals surface area contributed by atoms with Crippen molar-refractivity contribution in [2.24, 2.45) is 0 Å². The number of hydrogen-bond donors (Lipinski definition) is 0. The van der Waals surface area contributed by atoms with Gasteiger partial charge in [-0.25, -0.2) is 4.39 Å². The first kappa shape index (κ1) is 14.9. The summed E-state index contributed by atoms with van der Waals surface area (Å²) in [7, 11) is 0. The Balaban J connectivity index is 1.66. The number of para-hydroxylation sites is 2. The second-order valence-corrected chi connectivity index (χ2v) is 5.38. The molecule has 4 heteroatoms. The molecular formula is C18H20FNO2. The maximum absolute atomic E-state index is 14.0. The van der Waals surface area contributed by atoms with Gasteiger partial charge < -0.3 is 9.47 Å². The van der Waals surface area contributed by atoms with Crippen LogP contribution in [0.25, 0.3) is 0 Å². The van der Waals surface area contributed by atoms with Crippen LogP contribution in [0.5, 0.6) is 17.2 Å². The molecule has 116 valence electrons. The third-order valence-electron chi connectivity index (χ3n) is 3.76. The zero-order valence-electron chi connectivity index (χ0n) is 12.5. The Kier molecular flexibility index (Phi) is 4.91. The van der Waals surface area contributed by atoms with Gasteiger partial charge in [0, 0.05) is 6.54 Å². The first-order chi connectivity index (χ1) is 10.8. The van der Waals surface area contributed by atoms with Crippen LogP contribution in [0.1, 0.15) is 12.8 Å². The van der Waals surface area contributed by atoms with Gasteiger partial charge in [0.25, 0.3) is 0 Å². The molecule has 0 saturated carbocycles. The minimum Gasteiger partial charge on any atom is -0.488 e. The van der Waals surface area contributed by atoms with Crippen LogP contribution in [-0.4, -0.2) is 31.1 Å². The number of likely N-dealkylation sites (tertiary alicyclic amines) is 1. The van der Waals surface area contributed by atoms with Crippen molar-refractivity contribution in [1.82, 2.24) is 4.90 Å². The number of halogens is 1. The molecule has 0 aromatic heterocycles. The van der Waals surface area contributed by atoms with Crippen LogP contribution in [-0.2, 0) is 0 Å². The Morgan fingerprint density at radius 1 is 0.955 bits per heavy atom. The van der Waals surface area contributed by atoms with Crippen LogP contribution < -0.4 is 9.47 Å². The van der Waals surface area contributed by atoms with Crippen molar-refractivity contribution >= 4 is 0 Å². The van der Waals surface area contributed by atoms with Gasteiger partial charge in [0.2, 0.25) is 5.75 Å². The second kappa shape index (κ2) is 7.27. The minimum atomic E-state index is -0.414. The highest BCUT2D eigenvalue weighted by Gasteiger charge is 2.14. The van der Waals surface area contributed by atoms with E-state index in [1.54, 1.807) is 24.3 Å². The Labute approximate surface area is 130 Å². The molecule has 0 amide bonds. The summed E-state index contributed by atoms with van der Waals surface area (Å²) in [6.07, 6.45) is 2.50. The third kappa shape index (κ3) is 3.77. The Morgan fingerprint density at radius 2 is 1.73 bits per heavy atom. The molecule has 1 heterocycles. The summed E-state index contributed by atoms with van der Waals surface area (Å²) in [5, 5.41) is 0. The lowest BCUT2D eigenvalue weighted by atomic mass is 10.3. The van der Waals surface area contributed by atoms with E-state index < -0.39 is 5.82 Å². The summed E-state index contributed by atoms with van der Waals surface area (Å²) < 4.78 is 25.4. The predicted molar refractivity (Wildman–Crippen MR) is 84.1 cm³/mol. The van der Waals surface area contributed by atoms with Gasteiger partial charge in [-0.05, 0) is 50.2 Å². The molecule has 0 spiro atoms. The molecule has 0 atom stereocenters. The van der Waals surface area contributed by atoms with Crippen molar-refractivity contribution in [3.63, 3.8) is 0 Å². The molecule has 3 rings (SSSR count). The molecule has 1 fully saturated rings. The van der Waals surface area contributed by atoms with Gasteiger partial charge in [-0.15, -0.1) is 0 Å². The van der Waals surface area contributed by atoms with E-state index in [-0.39, 0.29) is 5.75 Å². The van der Waals surface area contributed by atoms with Crippen LogP contribution in [0, 0.1) is 5.82 Å². The zero-order valence-corrected chi connectivity index (χ0v) is 12.5. The summed E-state index contributed by atoms with van der Waals surface area (Å²) in [5.74, 6) is 0.776. The molecule has 0 radical (unpaired) electrons. The molecular weight excluding hydrogens is 281 g/mol. The highest BCUT2D eigenvalue weighted by Crippen LogP contribution is 2.34. The minimum absolute atomic E-state index is 0.148. The van der Waals surface area contributed by atoms with Gasteiger partial charge in [-0.2, -0.15) is 0 Å². The Morgan fingerprint density at radius 3 is 2.50 bits per heavy atom. The standard InChI is InChI=1S/C18H20FNO2/c19-16-9-6-10-17(21-14-13-20-11-4-5-12-20)18(16)22-15-7-2-1-3-8-15/h1-3,6-10H,4-5,11-14H2. The van der Waals surface area contributed by atoms with Crippen molar-refractivity contribution in [1.29, 1.82) is 0 Å². The maximum Gasteiger partial charge on any atom is 0.204 e. The lowest BCUT2D eigenvalue weighted by molar-refractivity contribution is 0.231. The predicted octanol–water partition coefficient (Wildman–Crippen LogP) is 4.09. The van der Waals surface area contributed by atoms with E-state index in [2.05, 4.69) is 4.90 Å². The fourth-order valence-electron chi connectivity index (χ4n) is 2.60. The van der Waals surface area contributed by atoms with E-state index in [4.69, 9.17) is 9.47 Å². The molecule has 1 aliphatic heterocycles. The largest absolute Gasteiger partial charge is 0.488 e. The van der Waals surface area contributed by atoms with Crippen LogP contribution in [0.4, 0.5) is 4.39 Å². The molecule has 1 saturated heterocycles. The molecule has 2 aromatic carbocycles. The van der Waals surface area contributed by atoms with Crippen LogP contribution in [0.15, 0.2) is 48.5 Å². The number of benzene rings is 2. The second-order valence-electron chi connectivity index (χ2n) is 5.38. The van der Waals surface area contributed by atoms with Gasteiger partial charge in [-0.1, -0.05) is 24.3 Å². The van der Waals surface area contributed by atoms with E-state index >= 15 is 0 Å². The SMILES string of the molecule is Fc1cccc(OCCN2CCCC2)c1Oc1ccccc1. The van der Waals surface area contributed by atoms with Gasteiger partial charge in [0.05, 0.1) is 0 Å². The third-order valence-corrected chi connectivity index (χ3v) is 3.76. The van der Waals surface area contributed by atoms with E-state index in [0.29, 0.717) is 18.1 Å². The van der Waals surface area contributed by atoms with Crippen molar-refractivity contribution in [3.8, 4) is 17.2 Å². The molecule has 1 aliphatic rings. The molecule has 3 nitrogen and oxygen atoms in total. The first-order valence-electron chi connectivity index (χ1n) is 7.69. The van der Waals surface area contributed by atoms with Gasteiger partial charge in [-0.3, -0.25) is 4.90 Å². The summed E-state index contributed by atoms with van der Waals surface area (Å²) in [4.78, 5) is 2.36. The number of hydrogen-bond acceptors (Lipinski definition) is 3. The Bertz CT molecular complexity index is 597.